The van der Waals surface area contributed by atoms with Crippen LogP contribution in [0.15, 0.2) is 71.0 Å². The van der Waals surface area contributed by atoms with Gasteiger partial charge in [0.1, 0.15) is 15.9 Å². The Bertz CT molecular complexity index is 1740. The Morgan fingerprint density at radius 1 is 0.921 bits per heavy atom. The van der Waals surface area contributed by atoms with Crippen LogP contribution >= 0.6 is 23.2 Å². The maximum Gasteiger partial charge on any atom is 0.338 e. The standard InChI is InChI=1S/C19H18ClN3O3.C7H4ClN3O/c1-19(2,3)26-18(25)13-6-4-12(5-7-13)10-23-11-22-15-9-21-16(20)8-14(15)17(23)24;8-6-1-4-5(2-9-6)10-3-11-7(4)12/h4-9,11H,10H2,1-3H3;1-3H,(H,10,11,12). The fourth-order valence-electron chi connectivity index (χ4n) is 3.37. The second kappa shape index (κ2) is 11.1. The van der Waals surface area contributed by atoms with Crippen molar-refractivity contribution in [2.24, 2.45) is 0 Å². The number of carbonyl (C=O) groups is 1. The van der Waals surface area contributed by atoms with Gasteiger partial charge in [-0.1, -0.05) is 35.3 Å². The largest absolute Gasteiger partial charge is 0.456 e. The number of H-pyrrole nitrogens is 1. The maximum absolute atomic E-state index is 12.6. The van der Waals surface area contributed by atoms with Crippen LogP contribution in [0.5, 0.6) is 0 Å². The number of fused-ring (bicyclic) bond motifs is 2. The molecule has 0 aliphatic carbocycles. The lowest BCUT2D eigenvalue weighted by atomic mass is 10.1. The molecule has 0 fully saturated rings. The van der Waals surface area contributed by atoms with E-state index in [0.29, 0.717) is 39.1 Å². The molecule has 1 N–H and O–H groups in total. The zero-order valence-electron chi connectivity index (χ0n) is 20.6. The van der Waals surface area contributed by atoms with Crippen LogP contribution in [0, 0.1) is 0 Å². The van der Waals surface area contributed by atoms with Crippen molar-refractivity contribution in [1.82, 2.24) is 29.5 Å². The van der Waals surface area contributed by atoms with Crippen molar-refractivity contribution in [3.63, 3.8) is 0 Å². The second-order valence-corrected chi connectivity index (χ2v) is 9.93. The molecule has 1 aromatic carbocycles. The van der Waals surface area contributed by atoms with Gasteiger partial charge in [0.2, 0.25) is 0 Å². The van der Waals surface area contributed by atoms with Crippen LogP contribution in [-0.4, -0.2) is 41.1 Å². The summed E-state index contributed by atoms with van der Waals surface area (Å²) < 4.78 is 6.83. The number of pyridine rings is 2. The lowest BCUT2D eigenvalue weighted by molar-refractivity contribution is 0.00695. The van der Waals surface area contributed by atoms with Crippen molar-refractivity contribution >= 4 is 51.0 Å². The van der Waals surface area contributed by atoms with E-state index in [1.165, 1.54) is 41.7 Å². The summed E-state index contributed by atoms with van der Waals surface area (Å²) in [7, 11) is 0. The minimum absolute atomic E-state index is 0.199. The number of nitrogens with zero attached hydrogens (tertiary/aromatic N) is 5. The first-order valence-corrected chi connectivity index (χ1v) is 12.1. The molecule has 0 saturated heterocycles. The molecule has 5 rings (SSSR count). The SMILES string of the molecule is CC(C)(C)OC(=O)c1ccc(Cn2cnc3cnc(Cl)cc3c2=O)cc1.O=c1[nH]cnc2cnc(Cl)cc12. The first-order valence-electron chi connectivity index (χ1n) is 11.3. The number of aromatic nitrogens is 6. The van der Waals surface area contributed by atoms with E-state index in [4.69, 9.17) is 27.9 Å². The zero-order valence-corrected chi connectivity index (χ0v) is 22.1. The quantitative estimate of drug-likeness (QED) is 0.257. The fraction of sp³-hybridized carbons (Fsp3) is 0.192. The molecule has 0 spiro atoms. The molecule has 0 amide bonds. The van der Waals surface area contributed by atoms with E-state index < -0.39 is 5.60 Å². The Hall–Kier alpha value is -4.15. The van der Waals surface area contributed by atoms with Gasteiger partial charge in [0.15, 0.2) is 0 Å². The molecule has 0 aliphatic rings. The van der Waals surface area contributed by atoms with Crippen LogP contribution < -0.4 is 11.1 Å². The van der Waals surface area contributed by atoms with Gasteiger partial charge in [-0.2, -0.15) is 0 Å². The Labute approximate surface area is 226 Å². The molecule has 5 aromatic rings. The summed E-state index contributed by atoms with van der Waals surface area (Å²) in [6, 6.07) is 9.94. The van der Waals surface area contributed by atoms with Crippen LogP contribution in [0.2, 0.25) is 10.3 Å². The number of rotatable bonds is 3. The Morgan fingerprint density at radius 2 is 1.53 bits per heavy atom. The number of halogens is 2. The summed E-state index contributed by atoms with van der Waals surface area (Å²) in [5.74, 6) is -0.379. The smallest absolute Gasteiger partial charge is 0.338 e. The Morgan fingerprint density at radius 3 is 2.16 bits per heavy atom. The lowest BCUT2D eigenvalue weighted by Gasteiger charge is -2.19. The first-order chi connectivity index (χ1) is 18.0. The molecular formula is C26H22Cl2N6O4. The van der Waals surface area contributed by atoms with Gasteiger partial charge in [-0.05, 0) is 50.6 Å². The molecule has 0 atom stereocenters. The molecule has 0 radical (unpaired) electrons. The number of benzene rings is 1. The molecule has 194 valence electrons. The van der Waals surface area contributed by atoms with Crippen molar-refractivity contribution in [3.05, 3.63) is 104 Å². The third kappa shape index (κ3) is 6.58. The Kier molecular flexibility index (Phi) is 7.84. The summed E-state index contributed by atoms with van der Waals surface area (Å²) >= 11 is 11.5. The topological polar surface area (TPSA) is 133 Å². The van der Waals surface area contributed by atoms with E-state index in [9.17, 15) is 14.4 Å². The molecule has 4 heterocycles. The highest BCUT2D eigenvalue weighted by Crippen LogP contribution is 2.14. The summed E-state index contributed by atoms with van der Waals surface area (Å²) in [4.78, 5) is 54.1. The fourth-order valence-corrected chi connectivity index (χ4v) is 3.69. The van der Waals surface area contributed by atoms with Crippen LogP contribution in [0.4, 0.5) is 0 Å². The van der Waals surface area contributed by atoms with Crippen LogP contribution in [0.1, 0.15) is 36.7 Å². The molecule has 4 aromatic heterocycles. The number of hydrogen-bond donors (Lipinski definition) is 1. The van der Waals surface area contributed by atoms with E-state index in [2.05, 4.69) is 24.9 Å². The molecule has 0 bridgehead atoms. The third-order valence-corrected chi connectivity index (χ3v) is 5.53. The predicted octanol–water partition coefficient (Wildman–Crippen LogP) is 4.42. The van der Waals surface area contributed by atoms with Gasteiger partial charge in [0.25, 0.3) is 11.1 Å². The molecule has 0 saturated carbocycles. The van der Waals surface area contributed by atoms with Gasteiger partial charge in [0, 0.05) is 0 Å². The second-order valence-electron chi connectivity index (χ2n) is 9.16. The zero-order chi connectivity index (χ0) is 27.4. The molecule has 0 aliphatic heterocycles. The van der Waals surface area contributed by atoms with Crippen LogP contribution in [0.25, 0.3) is 21.8 Å². The minimum Gasteiger partial charge on any atom is -0.456 e. The third-order valence-electron chi connectivity index (χ3n) is 5.11. The number of nitrogens with one attached hydrogen (secondary N) is 1. The molecule has 0 unspecified atom stereocenters. The lowest BCUT2D eigenvalue weighted by Crippen LogP contribution is -2.24. The monoisotopic (exact) mass is 552 g/mol. The maximum atomic E-state index is 12.6. The van der Waals surface area contributed by atoms with E-state index in [1.807, 2.05) is 20.8 Å². The highest BCUT2D eigenvalue weighted by Gasteiger charge is 2.17. The first kappa shape index (κ1) is 26.9. The van der Waals surface area contributed by atoms with E-state index in [1.54, 1.807) is 24.3 Å². The minimum atomic E-state index is -0.546. The summed E-state index contributed by atoms with van der Waals surface area (Å²) in [6.07, 6.45) is 5.74. The molecule has 38 heavy (non-hydrogen) atoms. The van der Waals surface area contributed by atoms with E-state index in [-0.39, 0.29) is 22.2 Å². The van der Waals surface area contributed by atoms with Gasteiger partial charge in [-0.25, -0.2) is 24.7 Å². The summed E-state index contributed by atoms with van der Waals surface area (Å²) in [6.45, 7) is 5.79. The van der Waals surface area contributed by atoms with Crippen molar-refractivity contribution in [2.45, 2.75) is 32.9 Å². The van der Waals surface area contributed by atoms with Crippen molar-refractivity contribution in [3.8, 4) is 0 Å². The van der Waals surface area contributed by atoms with Crippen LogP contribution in [-0.2, 0) is 11.3 Å². The summed E-state index contributed by atoms with van der Waals surface area (Å²) in [5, 5.41) is 1.41. The highest BCUT2D eigenvalue weighted by molar-refractivity contribution is 6.30. The molecule has 12 heteroatoms. The predicted molar refractivity (Wildman–Crippen MR) is 145 cm³/mol. The van der Waals surface area contributed by atoms with Crippen molar-refractivity contribution in [2.75, 3.05) is 0 Å². The number of esters is 1. The number of carbonyl (C=O) groups excluding carboxylic acids is 1. The van der Waals surface area contributed by atoms with Crippen LogP contribution in [0.3, 0.4) is 0 Å². The van der Waals surface area contributed by atoms with Gasteiger partial charge in [0.05, 0.1) is 59.0 Å². The number of aromatic amines is 1. The van der Waals surface area contributed by atoms with Gasteiger partial charge >= 0.3 is 5.97 Å². The average Bonchev–Trinajstić information content (AvgIpc) is 2.86. The number of hydrogen-bond acceptors (Lipinski definition) is 8. The number of ether oxygens (including phenoxy) is 1. The van der Waals surface area contributed by atoms with Crippen molar-refractivity contribution in [1.29, 1.82) is 0 Å². The molecule has 10 nitrogen and oxygen atoms in total. The summed E-state index contributed by atoms with van der Waals surface area (Å²) in [5.41, 5.74) is 1.42. The molecular weight excluding hydrogens is 531 g/mol. The van der Waals surface area contributed by atoms with Crippen molar-refractivity contribution < 1.29 is 9.53 Å². The van der Waals surface area contributed by atoms with E-state index >= 15 is 0 Å². The van der Waals surface area contributed by atoms with Gasteiger partial charge < -0.3 is 9.72 Å². The van der Waals surface area contributed by atoms with Gasteiger partial charge in [-0.3, -0.25) is 14.2 Å². The normalized spacial score (nSPS) is 11.2. The average molecular weight is 553 g/mol. The highest BCUT2D eigenvalue weighted by atomic mass is 35.5. The van der Waals surface area contributed by atoms with Gasteiger partial charge in [-0.15, -0.1) is 0 Å². The van der Waals surface area contributed by atoms with E-state index in [0.717, 1.165) is 5.56 Å². The Balaban J connectivity index is 0.000000232.